The van der Waals surface area contributed by atoms with Gasteiger partial charge in [0.25, 0.3) is 11.5 Å². The Labute approximate surface area is 188 Å². The molecule has 10 heteroatoms. The van der Waals surface area contributed by atoms with Crippen molar-refractivity contribution in [1.82, 2.24) is 19.7 Å². The summed E-state index contributed by atoms with van der Waals surface area (Å²) in [5.41, 5.74) is 2.05. The third kappa shape index (κ3) is 3.86. The average molecular weight is 447 g/mol. The fourth-order valence-corrected chi connectivity index (χ4v) is 3.83. The van der Waals surface area contributed by atoms with E-state index in [0.717, 1.165) is 18.5 Å². The Morgan fingerprint density at radius 2 is 1.94 bits per heavy atom. The van der Waals surface area contributed by atoms with Crippen LogP contribution in [0.15, 0.2) is 51.9 Å². The molecule has 0 aliphatic heterocycles. The van der Waals surface area contributed by atoms with Gasteiger partial charge in [-0.1, -0.05) is 0 Å². The number of rotatable bonds is 6. The number of methoxy groups -OCH3 is 2. The zero-order valence-electron chi connectivity index (χ0n) is 18.0. The molecule has 33 heavy (non-hydrogen) atoms. The third-order valence-electron chi connectivity index (χ3n) is 5.47. The van der Waals surface area contributed by atoms with Gasteiger partial charge in [-0.2, -0.15) is 9.78 Å². The molecule has 0 spiro atoms. The van der Waals surface area contributed by atoms with Gasteiger partial charge in [0.1, 0.15) is 23.0 Å². The molecule has 1 amide bonds. The summed E-state index contributed by atoms with van der Waals surface area (Å²) in [4.78, 5) is 33.1. The lowest BCUT2D eigenvalue weighted by molar-refractivity contribution is 0.102. The molecule has 0 saturated carbocycles. The molecule has 0 radical (unpaired) electrons. The summed E-state index contributed by atoms with van der Waals surface area (Å²) < 4.78 is 17.4. The molecule has 0 saturated heterocycles. The minimum absolute atomic E-state index is 0.197. The zero-order valence-corrected chi connectivity index (χ0v) is 18.0. The van der Waals surface area contributed by atoms with Crippen LogP contribution in [0.4, 0.5) is 5.82 Å². The Morgan fingerprint density at radius 3 is 2.64 bits per heavy atom. The van der Waals surface area contributed by atoms with Crippen molar-refractivity contribution in [2.45, 2.75) is 19.3 Å². The molecule has 0 bridgehead atoms. The van der Waals surface area contributed by atoms with Crippen molar-refractivity contribution in [2.75, 3.05) is 19.5 Å². The van der Waals surface area contributed by atoms with Gasteiger partial charge in [-0.15, -0.1) is 0 Å². The second kappa shape index (κ2) is 8.30. The van der Waals surface area contributed by atoms with Crippen molar-refractivity contribution in [3.05, 3.63) is 69.8 Å². The number of benzene rings is 1. The van der Waals surface area contributed by atoms with Gasteiger partial charge in [0.2, 0.25) is 5.95 Å². The Balaban J connectivity index is 1.57. The summed E-state index contributed by atoms with van der Waals surface area (Å²) in [7, 11) is 3.02. The van der Waals surface area contributed by atoms with E-state index in [9.17, 15) is 9.59 Å². The molecule has 1 aliphatic rings. The number of furan rings is 1. The van der Waals surface area contributed by atoms with Crippen LogP contribution in [-0.2, 0) is 12.8 Å². The number of H-pyrrole nitrogens is 1. The van der Waals surface area contributed by atoms with Crippen LogP contribution in [0.5, 0.6) is 11.5 Å². The molecule has 1 aromatic carbocycles. The molecule has 0 unspecified atom stereocenters. The largest absolute Gasteiger partial charge is 0.497 e. The monoisotopic (exact) mass is 447 g/mol. The van der Waals surface area contributed by atoms with E-state index in [0.29, 0.717) is 46.3 Å². The van der Waals surface area contributed by atoms with E-state index in [2.05, 4.69) is 20.4 Å². The maximum atomic E-state index is 13.1. The second-order valence-corrected chi connectivity index (χ2v) is 7.53. The lowest BCUT2D eigenvalue weighted by atomic mass is 10.2. The first-order valence-electron chi connectivity index (χ1n) is 10.4. The first-order valence-corrected chi connectivity index (χ1v) is 10.4. The van der Waals surface area contributed by atoms with E-state index in [1.54, 1.807) is 36.4 Å². The van der Waals surface area contributed by atoms with Crippen LogP contribution in [0.1, 0.15) is 28.0 Å². The van der Waals surface area contributed by atoms with Crippen molar-refractivity contribution in [3.63, 3.8) is 0 Å². The Bertz CT molecular complexity index is 1360. The van der Waals surface area contributed by atoms with Crippen LogP contribution < -0.4 is 20.3 Å². The number of amides is 1. The molecule has 10 nitrogen and oxygen atoms in total. The SMILES string of the molecule is COc1cc(OC)cc(C(=O)Nc2cc(-c3ccco3)nn2-c2nc3c(c(=O)[nH]2)CCC3)c1. The molecule has 5 rings (SSSR count). The van der Waals surface area contributed by atoms with E-state index in [4.69, 9.17) is 13.9 Å². The summed E-state index contributed by atoms with van der Waals surface area (Å²) >= 11 is 0. The van der Waals surface area contributed by atoms with Crippen LogP contribution in [0.3, 0.4) is 0 Å². The second-order valence-electron chi connectivity index (χ2n) is 7.53. The number of aromatic amines is 1. The van der Waals surface area contributed by atoms with Crippen molar-refractivity contribution in [2.24, 2.45) is 0 Å². The Hall–Kier alpha value is -4.34. The maximum Gasteiger partial charge on any atom is 0.257 e. The highest BCUT2D eigenvalue weighted by Gasteiger charge is 2.22. The number of carbonyl (C=O) groups is 1. The quantitative estimate of drug-likeness (QED) is 0.466. The molecule has 3 aromatic heterocycles. The number of aromatic nitrogens is 4. The molecule has 1 aliphatic carbocycles. The smallest absolute Gasteiger partial charge is 0.257 e. The normalized spacial score (nSPS) is 12.4. The summed E-state index contributed by atoms with van der Waals surface area (Å²) in [6.07, 6.45) is 3.84. The van der Waals surface area contributed by atoms with Crippen molar-refractivity contribution in [3.8, 4) is 28.9 Å². The van der Waals surface area contributed by atoms with Gasteiger partial charge >= 0.3 is 0 Å². The van der Waals surface area contributed by atoms with Gasteiger partial charge in [0.05, 0.1) is 26.2 Å². The number of carbonyl (C=O) groups excluding carboxylic acids is 1. The minimum atomic E-state index is -0.414. The first kappa shape index (κ1) is 20.6. The number of hydrogen-bond acceptors (Lipinski definition) is 7. The number of anilines is 1. The van der Waals surface area contributed by atoms with Crippen molar-refractivity contribution < 1.29 is 18.7 Å². The topological polar surface area (TPSA) is 124 Å². The zero-order chi connectivity index (χ0) is 22.9. The third-order valence-corrected chi connectivity index (χ3v) is 5.47. The first-order chi connectivity index (χ1) is 16.1. The van der Waals surface area contributed by atoms with Crippen LogP contribution in [-0.4, -0.2) is 39.9 Å². The molecule has 3 heterocycles. The average Bonchev–Trinajstić information content (AvgIpc) is 3.59. The summed E-state index contributed by atoms with van der Waals surface area (Å²) in [6, 6.07) is 10.0. The van der Waals surface area contributed by atoms with E-state index < -0.39 is 5.91 Å². The number of aryl methyl sites for hydroxylation is 1. The number of nitrogens with zero attached hydrogens (tertiary/aromatic N) is 3. The molecule has 4 aromatic rings. The predicted molar refractivity (Wildman–Crippen MR) is 119 cm³/mol. The maximum absolute atomic E-state index is 13.1. The van der Waals surface area contributed by atoms with Crippen molar-refractivity contribution >= 4 is 11.7 Å². The molecule has 0 atom stereocenters. The van der Waals surface area contributed by atoms with E-state index in [1.807, 2.05) is 0 Å². The molecule has 168 valence electrons. The molecule has 2 N–H and O–H groups in total. The minimum Gasteiger partial charge on any atom is -0.497 e. The van der Waals surface area contributed by atoms with Gasteiger partial charge in [0.15, 0.2) is 5.76 Å². The fourth-order valence-electron chi connectivity index (χ4n) is 3.83. The highest BCUT2D eigenvalue weighted by molar-refractivity contribution is 6.04. The van der Waals surface area contributed by atoms with Gasteiger partial charge in [-0.05, 0) is 43.5 Å². The Morgan fingerprint density at radius 1 is 1.15 bits per heavy atom. The summed E-state index contributed by atoms with van der Waals surface area (Å²) in [5.74, 6) is 1.59. The number of ether oxygens (including phenoxy) is 2. The lowest BCUT2D eigenvalue weighted by Gasteiger charge is -2.11. The highest BCUT2D eigenvalue weighted by atomic mass is 16.5. The van der Waals surface area contributed by atoms with Crippen LogP contribution >= 0.6 is 0 Å². The van der Waals surface area contributed by atoms with Crippen LogP contribution in [0.2, 0.25) is 0 Å². The number of hydrogen-bond donors (Lipinski definition) is 2. The molecule has 0 fully saturated rings. The summed E-state index contributed by atoms with van der Waals surface area (Å²) in [5, 5.41) is 7.37. The standard InChI is InChI=1S/C23H21N5O5/c1-31-14-9-13(10-15(11-14)32-2)21(29)25-20-12-18(19-7-4-8-33-19)27-28(20)23-24-17-6-3-5-16(17)22(30)26-23/h4,7-12H,3,5-6H2,1-2H3,(H,25,29)(H,24,26,30). The van der Waals surface area contributed by atoms with Gasteiger partial charge < -0.3 is 19.2 Å². The number of nitrogens with one attached hydrogen (secondary N) is 2. The van der Waals surface area contributed by atoms with E-state index in [1.165, 1.54) is 25.2 Å². The lowest BCUT2D eigenvalue weighted by Crippen LogP contribution is -2.21. The van der Waals surface area contributed by atoms with Gasteiger partial charge in [-0.25, -0.2) is 4.98 Å². The van der Waals surface area contributed by atoms with Crippen LogP contribution in [0.25, 0.3) is 17.4 Å². The Kier molecular flexibility index (Phi) is 5.17. The molecular weight excluding hydrogens is 426 g/mol. The fraction of sp³-hybridized carbons (Fsp3) is 0.217. The highest BCUT2D eigenvalue weighted by Crippen LogP contribution is 2.27. The number of fused-ring (bicyclic) bond motifs is 1. The van der Waals surface area contributed by atoms with E-state index >= 15 is 0 Å². The van der Waals surface area contributed by atoms with Gasteiger partial charge in [-0.3, -0.25) is 14.6 Å². The van der Waals surface area contributed by atoms with Gasteiger partial charge in [0, 0.05) is 23.3 Å². The van der Waals surface area contributed by atoms with Crippen LogP contribution in [0, 0.1) is 0 Å². The predicted octanol–water partition coefficient (Wildman–Crippen LogP) is 2.97. The van der Waals surface area contributed by atoms with E-state index in [-0.39, 0.29) is 11.5 Å². The summed E-state index contributed by atoms with van der Waals surface area (Å²) in [6.45, 7) is 0. The van der Waals surface area contributed by atoms with Crippen molar-refractivity contribution in [1.29, 1.82) is 0 Å². The molecular formula is C23H21N5O5.